The van der Waals surface area contributed by atoms with Gasteiger partial charge < -0.3 is 19.1 Å². The zero-order chi connectivity index (χ0) is 25.2. The minimum Gasteiger partial charge on any atom is -0.445 e. The van der Waals surface area contributed by atoms with Gasteiger partial charge in [0.1, 0.15) is 12.4 Å². The summed E-state index contributed by atoms with van der Waals surface area (Å²) in [5, 5.41) is 0. The first-order valence-electron chi connectivity index (χ1n) is 13.1. The molecule has 0 radical (unpaired) electrons. The maximum Gasteiger partial charge on any atom is 0.410 e. The first kappa shape index (κ1) is 23.3. The molecule has 188 valence electrons. The molecule has 0 aliphatic carbocycles. The van der Waals surface area contributed by atoms with E-state index in [1.165, 1.54) is 22.5 Å². The van der Waals surface area contributed by atoms with E-state index in [1.54, 1.807) is 0 Å². The highest BCUT2D eigenvalue weighted by molar-refractivity contribution is 5.80. The molecule has 37 heavy (non-hydrogen) atoms. The molecule has 1 amide bonds. The third-order valence-electron chi connectivity index (χ3n) is 7.57. The Morgan fingerprint density at radius 2 is 1.54 bits per heavy atom. The number of likely N-dealkylation sites (tertiary alicyclic amines) is 1. The number of rotatable bonds is 5. The van der Waals surface area contributed by atoms with E-state index in [0.717, 1.165) is 43.0 Å². The van der Waals surface area contributed by atoms with E-state index in [-0.39, 0.29) is 6.09 Å². The molecule has 6 nitrogen and oxygen atoms in total. The molecule has 3 aromatic carbocycles. The van der Waals surface area contributed by atoms with Gasteiger partial charge in [0.2, 0.25) is 0 Å². The van der Waals surface area contributed by atoms with Gasteiger partial charge >= 0.3 is 6.09 Å². The Hall–Kier alpha value is -4.06. The van der Waals surface area contributed by atoms with E-state index in [1.807, 2.05) is 35.2 Å². The fourth-order valence-corrected chi connectivity index (χ4v) is 5.58. The number of para-hydroxylation sites is 1. The Balaban J connectivity index is 1.24. The number of anilines is 1. The summed E-state index contributed by atoms with van der Waals surface area (Å²) in [4.78, 5) is 22.2. The van der Waals surface area contributed by atoms with Crippen molar-refractivity contribution in [2.75, 3.05) is 25.0 Å². The molecular weight excluding hydrogens is 460 g/mol. The van der Waals surface area contributed by atoms with Crippen LogP contribution in [0, 0.1) is 0 Å². The van der Waals surface area contributed by atoms with Crippen LogP contribution in [0.25, 0.3) is 11.3 Å². The lowest BCUT2D eigenvalue weighted by Crippen LogP contribution is -2.38. The van der Waals surface area contributed by atoms with Gasteiger partial charge in [-0.2, -0.15) is 0 Å². The first-order valence-corrected chi connectivity index (χ1v) is 13.1. The van der Waals surface area contributed by atoms with Crippen LogP contribution in [-0.4, -0.2) is 40.7 Å². The standard InChI is InChI=1S/C31H32N4O2/c1-33-21-28-29(26-14-8-9-15-27(26)33)32-30(35(28)20-23-10-4-2-5-11-23)25-16-18-34(19-17-25)31(36)37-22-24-12-6-3-7-13-24/h2-15,25H,16-22H2,1H3. The lowest BCUT2D eigenvalue weighted by atomic mass is 9.96. The summed E-state index contributed by atoms with van der Waals surface area (Å²) in [7, 11) is 2.15. The Morgan fingerprint density at radius 3 is 2.27 bits per heavy atom. The van der Waals surface area contributed by atoms with Crippen molar-refractivity contribution in [1.29, 1.82) is 0 Å². The number of carbonyl (C=O) groups excluding carboxylic acids is 1. The SMILES string of the molecule is CN1Cc2c(nc(C3CCN(C(=O)OCc4ccccc4)CC3)n2Cc2ccccc2)-c2ccccc21. The largest absolute Gasteiger partial charge is 0.445 e. The smallest absolute Gasteiger partial charge is 0.410 e. The van der Waals surface area contributed by atoms with Gasteiger partial charge in [-0.15, -0.1) is 0 Å². The Kier molecular flexibility index (Phi) is 6.39. The van der Waals surface area contributed by atoms with Crippen molar-refractivity contribution < 1.29 is 9.53 Å². The van der Waals surface area contributed by atoms with Crippen molar-refractivity contribution in [3.8, 4) is 11.3 Å². The molecule has 1 saturated heterocycles. The average molecular weight is 493 g/mol. The number of hydrogen-bond acceptors (Lipinski definition) is 4. The molecule has 0 saturated carbocycles. The monoisotopic (exact) mass is 492 g/mol. The zero-order valence-corrected chi connectivity index (χ0v) is 21.2. The van der Waals surface area contributed by atoms with E-state index in [0.29, 0.717) is 25.6 Å². The summed E-state index contributed by atoms with van der Waals surface area (Å²) in [6, 6.07) is 29.0. The Morgan fingerprint density at radius 1 is 0.892 bits per heavy atom. The van der Waals surface area contributed by atoms with Crippen molar-refractivity contribution in [1.82, 2.24) is 14.5 Å². The highest BCUT2D eigenvalue weighted by Crippen LogP contribution is 2.41. The molecule has 2 aliphatic heterocycles. The number of piperidine rings is 1. The molecule has 0 spiro atoms. The number of benzene rings is 3. The maximum absolute atomic E-state index is 12.7. The third kappa shape index (κ3) is 4.71. The second-order valence-electron chi connectivity index (χ2n) is 10.0. The van der Waals surface area contributed by atoms with Crippen LogP contribution >= 0.6 is 0 Å². The number of hydrogen-bond donors (Lipinski definition) is 0. The molecule has 6 heteroatoms. The number of carbonyl (C=O) groups is 1. The second-order valence-corrected chi connectivity index (χ2v) is 10.0. The number of fused-ring (bicyclic) bond motifs is 3. The van der Waals surface area contributed by atoms with E-state index in [4.69, 9.17) is 9.72 Å². The van der Waals surface area contributed by atoms with Crippen molar-refractivity contribution in [3.05, 3.63) is 108 Å². The van der Waals surface area contributed by atoms with Crippen molar-refractivity contribution in [2.24, 2.45) is 0 Å². The van der Waals surface area contributed by atoms with Crippen molar-refractivity contribution in [3.63, 3.8) is 0 Å². The van der Waals surface area contributed by atoms with Crippen molar-refractivity contribution >= 4 is 11.8 Å². The number of nitrogens with zero attached hydrogens (tertiary/aromatic N) is 4. The summed E-state index contributed by atoms with van der Waals surface area (Å²) in [5.74, 6) is 1.43. The third-order valence-corrected chi connectivity index (χ3v) is 7.57. The van der Waals surface area contributed by atoms with Gasteiger partial charge in [0.15, 0.2) is 0 Å². The van der Waals surface area contributed by atoms with E-state index < -0.39 is 0 Å². The Labute approximate surface area is 218 Å². The van der Waals surface area contributed by atoms with Gasteiger partial charge in [-0.05, 0) is 30.0 Å². The lowest BCUT2D eigenvalue weighted by molar-refractivity contribution is 0.0864. The van der Waals surface area contributed by atoms with Crippen LogP contribution in [-0.2, 0) is 24.4 Å². The number of ether oxygens (including phenoxy) is 1. The fraction of sp³-hybridized carbons (Fsp3) is 0.290. The zero-order valence-electron chi connectivity index (χ0n) is 21.2. The molecular formula is C31H32N4O2. The van der Waals surface area contributed by atoms with Gasteiger partial charge in [0.05, 0.1) is 17.9 Å². The first-order chi connectivity index (χ1) is 18.2. The van der Waals surface area contributed by atoms with Crippen molar-refractivity contribution in [2.45, 2.75) is 38.5 Å². The van der Waals surface area contributed by atoms with E-state index in [2.05, 4.69) is 71.1 Å². The van der Waals surface area contributed by atoms with Gasteiger partial charge in [-0.25, -0.2) is 9.78 Å². The van der Waals surface area contributed by atoms with Gasteiger partial charge in [0, 0.05) is 43.9 Å². The van der Waals surface area contributed by atoms with Gasteiger partial charge in [0.25, 0.3) is 0 Å². The summed E-state index contributed by atoms with van der Waals surface area (Å²) >= 11 is 0. The average Bonchev–Trinajstić information content (AvgIpc) is 3.31. The summed E-state index contributed by atoms with van der Waals surface area (Å²) < 4.78 is 8.02. The molecule has 0 atom stereocenters. The van der Waals surface area contributed by atoms with Crippen LogP contribution < -0.4 is 4.90 Å². The maximum atomic E-state index is 12.7. The minimum atomic E-state index is -0.232. The summed E-state index contributed by atoms with van der Waals surface area (Å²) in [5.41, 5.74) is 7.06. The normalized spacial score (nSPS) is 15.3. The van der Waals surface area contributed by atoms with Crippen LogP contribution in [0.2, 0.25) is 0 Å². The lowest BCUT2D eigenvalue weighted by Gasteiger charge is -2.31. The summed E-state index contributed by atoms with van der Waals surface area (Å²) in [6.45, 7) is 3.29. The Bertz CT molecular complexity index is 1380. The molecule has 4 aromatic rings. The molecule has 0 unspecified atom stereocenters. The van der Waals surface area contributed by atoms with Crippen LogP contribution in [0.5, 0.6) is 0 Å². The van der Waals surface area contributed by atoms with Crippen LogP contribution in [0.3, 0.4) is 0 Å². The fourth-order valence-electron chi connectivity index (χ4n) is 5.58. The van der Waals surface area contributed by atoms with Crippen LogP contribution in [0.1, 0.15) is 41.4 Å². The molecule has 2 aliphatic rings. The van der Waals surface area contributed by atoms with Crippen LogP contribution in [0.4, 0.5) is 10.5 Å². The number of aromatic nitrogens is 2. The van der Waals surface area contributed by atoms with Crippen LogP contribution in [0.15, 0.2) is 84.9 Å². The summed E-state index contributed by atoms with van der Waals surface area (Å²) in [6.07, 6.45) is 1.52. The topological polar surface area (TPSA) is 50.6 Å². The molecule has 0 N–H and O–H groups in total. The molecule has 6 rings (SSSR count). The van der Waals surface area contributed by atoms with E-state index in [9.17, 15) is 4.79 Å². The van der Waals surface area contributed by atoms with Gasteiger partial charge in [-0.1, -0.05) is 78.9 Å². The quantitative estimate of drug-likeness (QED) is 0.340. The van der Waals surface area contributed by atoms with Gasteiger partial charge in [-0.3, -0.25) is 0 Å². The highest BCUT2D eigenvalue weighted by Gasteiger charge is 2.32. The predicted octanol–water partition coefficient (Wildman–Crippen LogP) is 6.06. The molecule has 3 heterocycles. The molecule has 0 bridgehead atoms. The minimum absolute atomic E-state index is 0.232. The molecule has 1 fully saturated rings. The number of amides is 1. The van der Waals surface area contributed by atoms with E-state index >= 15 is 0 Å². The number of imidazole rings is 1. The highest BCUT2D eigenvalue weighted by atomic mass is 16.6. The predicted molar refractivity (Wildman–Crippen MR) is 145 cm³/mol. The second kappa shape index (κ2) is 10.1. The molecule has 1 aromatic heterocycles.